The molecule has 1 N–H and O–H groups in total. The summed E-state index contributed by atoms with van der Waals surface area (Å²) < 4.78 is 11.9. The molecule has 3 nitrogen and oxygen atoms in total. The third-order valence-electron chi connectivity index (χ3n) is 3.41. The quantitative estimate of drug-likeness (QED) is 0.722. The van der Waals surface area contributed by atoms with Crippen molar-refractivity contribution in [2.45, 2.75) is 31.8 Å². The van der Waals surface area contributed by atoms with Gasteiger partial charge in [-0.15, -0.1) is 0 Å². The van der Waals surface area contributed by atoms with Crippen LogP contribution >= 0.6 is 0 Å². The zero-order valence-corrected chi connectivity index (χ0v) is 9.37. The molecular formula is C13H17NO2. The van der Waals surface area contributed by atoms with Crippen molar-refractivity contribution < 1.29 is 9.47 Å². The lowest BCUT2D eigenvalue weighted by Gasteiger charge is -2.35. The van der Waals surface area contributed by atoms with Gasteiger partial charge in [-0.25, -0.2) is 0 Å². The Bertz CT molecular complexity index is 343. The molecule has 0 aromatic heterocycles. The number of benzene rings is 1. The van der Waals surface area contributed by atoms with Crippen LogP contribution in [0.4, 0.5) is 0 Å². The van der Waals surface area contributed by atoms with E-state index in [4.69, 9.17) is 9.47 Å². The first kappa shape index (κ1) is 10.3. The van der Waals surface area contributed by atoms with Crippen molar-refractivity contribution >= 4 is 0 Å². The van der Waals surface area contributed by atoms with Gasteiger partial charge in [-0.05, 0) is 24.1 Å². The molecule has 0 amide bonds. The molecule has 86 valence electrons. The molecule has 0 aliphatic carbocycles. The number of ether oxygens (including phenoxy) is 2. The first-order valence-electron chi connectivity index (χ1n) is 5.93. The average molecular weight is 219 g/mol. The van der Waals surface area contributed by atoms with Crippen molar-refractivity contribution in [2.75, 3.05) is 13.1 Å². The average Bonchev–Trinajstić information content (AvgIpc) is 2.52. The summed E-state index contributed by atoms with van der Waals surface area (Å²) in [5, 5.41) is 3.35. The fraction of sp³-hybridized carbons (Fsp3) is 0.538. The molecule has 1 saturated heterocycles. The zero-order chi connectivity index (χ0) is 10.8. The molecule has 0 saturated carbocycles. The van der Waals surface area contributed by atoms with Crippen LogP contribution in [-0.4, -0.2) is 18.9 Å². The SMILES string of the molecule is c1ccc2c(c1)COC1(CCCNC1)OC2. The number of piperidine rings is 1. The van der Waals surface area contributed by atoms with Crippen LogP contribution in [0.2, 0.25) is 0 Å². The maximum atomic E-state index is 5.97. The van der Waals surface area contributed by atoms with E-state index in [1.165, 1.54) is 11.1 Å². The summed E-state index contributed by atoms with van der Waals surface area (Å²) in [6.45, 7) is 3.21. The van der Waals surface area contributed by atoms with E-state index in [1.54, 1.807) is 0 Å². The molecule has 2 aliphatic heterocycles. The van der Waals surface area contributed by atoms with E-state index in [2.05, 4.69) is 29.6 Å². The second-order valence-corrected chi connectivity index (χ2v) is 4.54. The van der Waals surface area contributed by atoms with E-state index in [1.807, 2.05) is 0 Å². The minimum atomic E-state index is -0.392. The molecule has 1 aromatic carbocycles. The van der Waals surface area contributed by atoms with Crippen LogP contribution in [-0.2, 0) is 22.7 Å². The lowest BCUT2D eigenvalue weighted by atomic mass is 10.1. The van der Waals surface area contributed by atoms with E-state index in [0.717, 1.165) is 25.9 Å². The summed E-state index contributed by atoms with van der Waals surface area (Å²) in [5.41, 5.74) is 2.51. The molecule has 3 heteroatoms. The summed E-state index contributed by atoms with van der Waals surface area (Å²) in [6.07, 6.45) is 2.12. The normalized spacial score (nSPS) is 23.8. The maximum absolute atomic E-state index is 5.97. The standard InChI is InChI=1S/C13H17NO2/c1-2-5-12-9-16-13(6-3-7-14-10-13)15-8-11(12)4-1/h1-2,4-5,14H,3,6-10H2. The molecule has 3 rings (SSSR count). The largest absolute Gasteiger partial charge is 0.344 e. The van der Waals surface area contributed by atoms with Gasteiger partial charge in [-0.1, -0.05) is 24.3 Å². The van der Waals surface area contributed by atoms with Gasteiger partial charge in [0.15, 0.2) is 5.79 Å². The molecule has 1 fully saturated rings. The Kier molecular flexibility index (Phi) is 2.67. The highest BCUT2D eigenvalue weighted by Gasteiger charge is 2.35. The molecule has 2 heterocycles. The predicted molar refractivity (Wildman–Crippen MR) is 60.9 cm³/mol. The molecule has 0 unspecified atom stereocenters. The summed E-state index contributed by atoms with van der Waals surface area (Å²) in [5.74, 6) is -0.392. The van der Waals surface area contributed by atoms with Gasteiger partial charge in [-0.2, -0.15) is 0 Å². The van der Waals surface area contributed by atoms with Crippen molar-refractivity contribution in [3.8, 4) is 0 Å². The highest BCUT2D eigenvalue weighted by molar-refractivity contribution is 5.26. The molecule has 16 heavy (non-hydrogen) atoms. The summed E-state index contributed by atoms with van der Waals surface area (Å²) in [6, 6.07) is 8.35. The van der Waals surface area contributed by atoms with E-state index in [9.17, 15) is 0 Å². The van der Waals surface area contributed by atoms with Crippen LogP contribution < -0.4 is 5.32 Å². The first-order chi connectivity index (χ1) is 7.88. The number of nitrogens with one attached hydrogen (secondary N) is 1. The topological polar surface area (TPSA) is 30.5 Å². The molecule has 0 bridgehead atoms. The second-order valence-electron chi connectivity index (χ2n) is 4.54. The highest BCUT2D eigenvalue weighted by Crippen LogP contribution is 2.29. The first-order valence-corrected chi connectivity index (χ1v) is 5.93. The molecule has 1 spiro atoms. The van der Waals surface area contributed by atoms with Crippen LogP contribution in [0.1, 0.15) is 24.0 Å². The highest BCUT2D eigenvalue weighted by atomic mass is 16.7. The molecule has 0 radical (unpaired) electrons. The molecule has 1 aromatic rings. The van der Waals surface area contributed by atoms with Crippen molar-refractivity contribution in [3.63, 3.8) is 0 Å². The van der Waals surface area contributed by atoms with E-state index >= 15 is 0 Å². The van der Waals surface area contributed by atoms with Gasteiger partial charge in [0.05, 0.1) is 13.2 Å². The second kappa shape index (κ2) is 4.17. The van der Waals surface area contributed by atoms with Crippen molar-refractivity contribution in [1.82, 2.24) is 5.32 Å². The van der Waals surface area contributed by atoms with Gasteiger partial charge >= 0.3 is 0 Å². The lowest BCUT2D eigenvalue weighted by molar-refractivity contribution is -0.250. The maximum Gasteiger partial charge on any atom is 0.181 e. The Hall–Kier alpha value is -0.900. The van der Waals surface area contributed by atoms with E-state index in [0.29, 0.717) is 13.2 Å². The number of fused-ring (bicyclic) bond motifs is 1. The minimum Gasteiger partial charge on any atom is -0.344 e. The Balaban J connectivity index is 1.81. The number of hydrogen-bond donors (Lipinski definition) is 1. The van der Waals surface area contributed by atoms with Gasteiger partial charge in [-0.3, -0.25) is 0 Å². The van der Waals surface area contributed by atoms with E-state index in [-0.39, 0.29) is 0 Å². The van der Waals surface area contributed by atoms with Gasteiger partial charge in [0.2, 0.25) is 0 Å². The van der Waals surface area contributed by atoms with Crippen LogP contribution in [0.15, 0.2) is 24.3 Å². The van der Waals surface area contributed by atoms with Gasteiger partial charge in [0.1, 0.15) is 0 Å². The van der Waals surface area contributed by atoms with Crippen LogP contribution in [0.5, 0.6) is 0 Å². The smallest absolute Gasteiger partial charge is 0.181 e. The predicted octanol–water partition coefficient (Wildman–Crippen LogP) is 1.81. The fourth-order valence-corrected chi connectivity index (χ4v) is 2.40. The number of rotatable bonds is 0. The third-order valence-corrected chi connectivity index (χ3v) is 3.41. The zero-order valence-electron chi connectivity index (χ0n) is 9.37. The fourth-order valence-electron chi connectivity index (χ4n) is 2.40. The monoisotopic (exact) mass is 219 g/mol. The summed E-state index contributed by atoms with van der Waals surface area (Å²) in [7, 11) is 0. The van der Waals surface area contributed by atoms with Crippen LogP contribution in [0, 0.1) is 0 Å². The molecule has 2 aliphatic rings. The Morgan fingerprint density at radius 1 is 1.06 bits per heavy atom. The molecular weight excluding hydrogens is 202 g/mol. The van der Waals surface area contributed by atoms with Gasteiger partial charge in [0.25, 0.3) is 0 Å². The summed E-state index contributed by atoms with van der Waals surface area (Å²) >= 11 is 0. The Morgan fingerprint density at radius 3 is 2.31 bits per heavy atom. The number of hydrogen-bond acceptors (Lipinski definition) is 3. The van der Waals surface area contributed by atoms with Crippen molar-refractivity contribution in [2.24, 2.45) is 0 Å². The Morgan fingerprint density at radius 2 is 1.75 bits per heavy atom. The third kappa shape index (κ3) is 1.86. The van der Waals surface area contributed by atoms with Crippen molar-refractivity contribution in [1.29, 1.82) is 0 Å². The lowest BCUT2D eigenvalue weighted by Crippen LogP contribution is -2.48. The van der Waals surface area contributed by atoms with Gasteiger partial charge in [0, 0.05) is 13.0 Å². The van der Waals surface area contributed by atoms with E-state index < -0.39 is 5.79 Å². The Labute approximate surface area is 95.8 Å². The van der Waals surface area contributed by atoms with Crippen molar-refractivity contribution in [3.05, 3.63) is 35.4 Å². The minimum absolute atomic E-state index is 0.392. The molecule has 0 atom stereocenters. The van der Waals surface area contributed by atoms with Crippen LogP contribution in [0.3, 0.4) is 0 Å². The van der Waals surface area contributed by atoms with Gasteiger partial charge < -0.3 is 14.8 Å². The van der Waals surface area contributed by atoms with Crippen LogP contribution in [0.25, 0.3) is 0 Å². The summed E-state index contributed by atoms with van der Waals surface area (Å²) in [4.78, 5) is 0.